The van der Waals surface area contributed by atoms with E-state index in [1.165, 1.54) is 6.07 Å². The molecule has 0 aliphatic carbocycles. The van der Waals surface area contributed by atoms with E-state index in [0.29, 0.717) is 43.9 Å². The molecule has 0 amide bonds. The molecule has 2 aromatic carbocycles. The summed E-state index contributed by atoms with van der Waals surface area (Å²) in [7, 11) is 3.73. The summed E-state index contributed by atoms with van der Waals surface area (Å²) in [5.74, 6) is 6.53. The zero-order chi connectivity index (χ0) is 34.4. The molecule has 3 aromatic heterocycles. The number of hydrogen-bond acceptors (Lipinski definition) is 7. The Morgan fingerprint density at radius 2 is 1.80 bits per heavy atom. The molecule has 1 fully saturated rings. The van der Waals surface area contributed by atoms with Gasteiger partial charge in [-0.15, -0.1) is 0 Å². The summed E-state index contributed by atoms with van der Waals surface area (Å²) >= 11 is 0. The maximum atomic E-state index is 14.1. The number of nitrogens with one attached hydrogen (secondary N) is 2. The van der Waals surface area contributed by atoms with Gasteiger partial charge >= 0.3 is 6.18 Å². The summed E-state index contributed by atoms with van der Waals surface area (Å²) in [6, 6.07) is 14.4. The van der Waals surface area contributed by atoms with Crippen molar-refractivity contribution in [1.82, 2.24) is 29.0 Å². The van der Waals surface area contributed by atoms with Crippen molar-refractivity contribution in [3.63, 3.8) is 0 Å². The molecule has 1 aliphatic rings. The molecule has 4 heterocycles. The maximum absolute atomic E-state index is 14.1. The fourth-order valence-electron chi connectivity index (χ4n) is 5.86. The zero-order valence-corrected chi connectivity index (χ0v) is 28.0. The predicted molar refractivity (Wildman–Crippen MR) is 186 cm³/mol. The Kier molecular flexibility index (Phi) is 10.5. The molecule has 5 aromatic rings. The number of fused-ring (bicyclic) bond motifs is 1. The molecule has 12 heteroatoms. The van der Waals surface area contributed by atoms with Crippen LogP contribution < -0.4 is 10.6 Å². The van der Waals surface area contributed by atoms with Crippen LogP contribution in [-0.4, -0.2) is 82.5 Å². The van der Waals surface area contributed by atoms with Gasteiger partial charge in [-0.1, -0.05) is 24.1 Å². The number of halogens is 3. The van der Waals surface area contributed by atoms with E-state index in [2.05, 4.69) is 49.4 Å². The molecular formula is C37H41F3N8O. The third-order valence-corrected chi connectivity index (χ3v) is 8.80. The Bertz CT molecular complexity index is 1950. The fraction of sp³-hybridized carbons (Fsp3) is 0.351. The van der Waals surface area contributed by atoms with Crippen LogP contribution in [0.2, 0.25) is 0 Å². The van der Waals surface area contributed by atoms with Gasteiger partial charge in [-0.3, -0.25) is 9.08 Å². The smallest absolute Gasteiger partial charge is 0.383 e. The second-order valence-electron chi connectivity index (χ2n) is 12.4. The van der Waals surface area contributed by atoms with Gasteiger partial charge in [0.05, 0.1) is 42.5 Å². The molecule has 256 valence electrons. The highest BCUT2D eigenvalue weighted by Gasteiger charge is 2.33. The third-order valence-electron chi connectivity index (χ3n) is 8.80. The van der Waals surface area contributed by atoms with E-state index in [1.807, 2.05) is 58.7 Å². The predicted octanol–water partition coefficient (Wildman–Crippen LogP) is 6.05. The molecule has 0 bridgehead atoms. The molecule has 49 heavy (non-hydrogen) atoms. The van der Waals surface area contributed by atoms with Crippen molar-refractivity contribution in [2.24, 2.45) is 0 Å². The van der Waals surface area contributed by atoms with Gasteiger partial charge in [-0.25, -0.2) is 4.98 Å². The number of anilines is 3. The highest BCUT2D eigenvalue weighted by Crippen LogP contribution is 2.34. The number of aryl methyl sites for hydroxylation is 1. The standard InChI is InChI=1S/C37H41F3N8O/c1-27-6-7-28(23-41-31-10-8-29(34(22-31)37(38,39)40)12-14-46-17-15-45(2)16-18-46)21-30(27)9-11-33-25-42-36-35(5-4-13-48(33)36)44-32-24-43-47(26-32)19-20-49-3/h4-8,10,13,21-22,24-26,41,44H,12,14-20,23H2,1-3H3. The van der Waals surface area contributed by atoms with E-state index in [1.54, 1.807) is 31.6 Å². The SMILES string of the molecule is COCCn1cc(Nc2cccn3c(C#Cc4cc(CNc5ccc(CCN6CCN(C)CC6)c(C(F)(F)F)c5)ccc4C)cnc23)cn1. The zero-order valence-electron chi connectivity index (χ0n) is 28.0. The molecular weight excluding hydrogens is 629 g/mol. The average molecular weight is 671 g/mol. The number of benzene rings is 2. The first-order valence-corrected chi connectivity index (χ1v) is 16.4. The van der Waals surface area contributed by atoms with E-state index < -0.39 is 11.7 Å². The third kappa shape index (κ3) is 8.61. The summed E-state index contributed by atoms with van der Waals surface area (Å²) in [6.07, 6.45) is 3.27. The van der Waals surface area contributed by atoms with Crippen molar-refractivity contribution in [2.45, 2.75) is 32.6 Å². The van der Waals surface area contributed by atoms with Gasteiger partial charge in [0.1, 0.15) is 5.69 Å². The lowest BCUT2D eigenvalue weighted by atomic mass is 10.0. The Morgan fingerprint density at radius 1 is 0.959 bits per heavy atom. The normalized spacial score (nSPS) is 14.2. The average Bonchev–Trinajstić information content (AvgIpc) is 3.73. The molecule has 0 atom stereocenters. The molecule has 0 radical (unpaired) electrons. The minimum Gasteiger partial charge on any atom is -0.383 e. The van der Waals surface area contributed by atoms with Gasteiger partial charge in [0, 0.05) is 70.0 Å². The van der Waals surface area contributed by atoms with Crippen LogP contribution in [-0.2, 0) is 30.4 Å². The van der Waals surface area contributed by atoms with Crippen molar-refractivity contribution in [3.8, 4) is 11.8 Å². The van der Waals surface area contributed by atoms with Gasteiger partial charge in [0.25, 0.3) is 0 Å². The van der Waals surface area contributed by atoms with Crippen LogP contribution in [0.1, 0.15) is 33.5 Å². The van der Waals surface area contributed by atoms with E-state index >= 15 is 0 Å². The summed E-state index contributed by atoms with van der Waals surface area (Å²) in [5.41, 5.74) is 6.05. The van der Waals surface area contributed by atoms with Crippen molar-refractivity contribution in [2.75, 3.05) is 64.1 Å². The molecule has 9 nitrogen and oxygen atoms in total. The minimum absolute atomic E-state index is 0.328. The fourth-order valence-corrected chi connectivity index (χ4v) is 5.86. The molecule has 1 aliphatic heterocycles. The number of hydrogen-bond donors (Lipinski definition) is 2. The topological polar surface area (TPSA) is 74.9 Å². The summed E-state index contributed by atoms with van der Waals surface area (Å²) in [6.45, 7) is 7.82. The second kappa shape index (κ2) is 15.2. The number of nitrogens with zero attached hydrogens (tertiary/aromatic N) is 6. The highest BCUT2D eigenvalue weighted by molar-refractivity contribution is 5.74. The number of alkyl halides is 3. The first-order chi connectivity index (χ1) is 23.7. The lowest BCUT2D eigenvalue weighted by Crippen LogP contribution is -2.45. The van der Waals surface area contributed by atoms with E-state index in [9.17, 15) is 13.2 Å². The van der Waals surface area contributed by atoms with E-state index in [4.69, 9.17) is 4.74 Å². The van der Waals surface area contributed by atoms with Gasteiger partial charge in [0.15, 0.2) is 5.65 Å². The summed E-state index contributed by atoms with van der Waals surface area (Å²) in [5, 5.41) is 10.9. The number of rotatable bonds is 11. The first kappa shape index (κ1) is 34.0. The van der Waals surface area contributed by atoms with Crippen LogP contribution in [0, 0.1) is 18.8 Å². The number of piperazine rings is 1. The number of pyridine rings is 1. The van der Waals surface area contributed by atoms with Gasteiger partial charge in [0.2, 0.25) is 0 Å². The van der Waals surface area contributed by atoms with E-state index in [-0.39, 0.29) is 0 Å². The van der Waals surface area contributed by atoms with Crippen LogP contribution in [0.15, 0.2) is 73.3 Å². The van der Waals surface area contributed by atoms with Crippen LogP contribution in [0.3, 0.4) is 0 Å². The Hall–Kier alpha value is -4.83. The second-order valence-corrected chi connectivity index (χ2v) is 12.4. The van der Waals surface area contributed by atoms with Crippen molar-refractivity contribution in [3.05, 3.63) is 107 Å². The van der Waals surface area contributed by atoms with Crippen LogP contribution in [0.25, 0.3) is 5.65 Å². The largest absolute Gasteiger partial charge is 0.416 e. The number of methoxy groups -OCH3 is 1. The van der Waals surface area contributed by atoms with Gasteiger partial charge in [-0.05, 0) is 73.3 Å². The number of imidazole rings is 1. The van der Waals surface area contributed by atoms with Crippen LogP contribution in [0.5, 0.6) is 0 Å². The van der Waals surface area contributed by atoms with Crippen LogP contribution in [0.4, 0.5) is 30.2 Å². The van der Waals surface area contributed by atoms with Crippen molar-refractivity contribution in [1.29, 1.82) is 0 Å². The summed E-state index contributed by atoms with van der Waals surface area (Å²) in [4.78, 5) is 9.08. The first-order valence-electron chi connectivity index (χ1n) is 16.4. The lowest BCUT2D eigenvalue weighted by Gasteiger charge is -2.32. The molecule has 0 spiro atoms. The highest BCUT2D eigenvalue weighted by atomic mass is 19.4. The van der Waals surface area contributed by atoms with Gasteiger partial charge in [-0.2, -0.15) is 18.3 Å². The number of ether oxygens (including phenoxy) is 1. The van der Waals surface area contributed by atoms with E-state index in [0.717, 1.165) is 65.6 Å². The number of likely N-dealkylation sites (N-methyl/N-ethyl adjacent to an activating group) is 1. The monoisotopic (exact) mass is 670 g/mol. The summed E-state index contributed by atoms with van der Waals surface area (Å²) < 4.78 is 51.1. The Morgan fingerprint density at radius 3 is 2.59 bits per heavy atom. The molecule has 2 N–H and O–H groups in total. The van der Waals surface area contributed by atoms with Gasteiger partial charge < -0.3 is 25.2 Å². The Labute approximate surface area is 284 Å². The van der Waals surface area contributed by atoms with Crippen molar-refractivity contribution < 1.29 is 17.9 Å². The van der Waals surface area contributed by atoms with Crippen molar-refractivity contribution >= 4 is 22.7 Å². The molecule has 6 rings (SSSR count). The molecule has 0 saturated carbocycles. The quantitative estimate of drug-likeness (QED) is 0.166. The molecule has 1 saturated heterocycles. The number of aromatic nitrogens is 4. The van der Waals surface area contributed by atoms with Crippen LogP contribution >= 0.6 is 0 Å². The minimum atomic E-state index is -4.43. The molecule has 0 unspecified atom stereocenters. The lowest BCUT2D eigenvalue weighted by molar-refractivity contribution is -0.138. The maximum Gasteiger partial charge on any atom is 0.416 e. The Balaban J connectivity index is 1.13.